The molecule has 1 aliphatic heterocycles. The van der Waals surface area contributed by atoms with Crippen LogP contribution in [0.5, 0.6) is 5.75 Å². The van der Waals surface area contributed by atoms with Gasteiger partial charge in [-0.2, -0.15) is 0 Å². The number of benzene rings is 1. The fourth-order valence-corrected chi connectivity index (χ4v) is 2.64. The smallest absolute Gasteiger partial charge is 0.120 e. The number of piperidine rings is 1. The zero-order valence-electron chi connectivity index (χ0n) is 9.29. The average Bonchev–Trinajstić information content (AvgIpc) is 2.34. The summed E-state index contributed by atoms with van der Waals surface area (Å²) in [5, 5.41) is 23.1. The normalized spacial score (nSPS) is 24.9. The van der Waals surface area contributed by atoms with Crippen LogP contribution in [0.2, 0.25) is 10.0 Å². The fraction of sp³-hybridized carbons (Fsp3) is 0.500. The number of rotatable bonds is 2. The molecular formula is C12H15Cl2NO2. The van der Waals surface area contributed by atoms with Crippen LogP contribution >= 0.6 is 23.2 Å². The van der Waals surface area contributed by atoms with E-state index in [4.69, 9.17) is 28.3 Å². The van der Waals surface area contributed by atoms with Gasteiger partial charge in [0.15, 0.2) is 0 Å². The van der Waals surface area contributed by atoms with Crippen molar-refractivity contribution in [1.29, 1.82) is 0 Å². The highest BCUT2D eigenvalue weighted by Crippen LogP contribution is 2.38. The van der Waals surface area contributed by atoms with E-state index in [1.807, 2.05) is 0 Å². The van der Waals surface area contributed by atoms with Crippen molar-refractivity contribution in [2.24, 2.45) is 0 Å². The topological polar surface area (TPSA) is 52.5 Å². The number of phenols is 1. The molecule has 1 heterocycles. The standard InChI is InChI=1S/C12H15Cl2NO2/c13-10-4-9(12(17)5-11(10)14)7-1-2-15-8(3-7)6-16/h4-5,7-8,15-17H,1-3,6H2/t7?,8-/m1/s1. The molecule has 3 N–H and O–H groups in total. The highest BCUT2D eigenvalue weighted by Gasteiger charge is 2.24. The molecule has 0 aliphatic carbocycles. The van der Waals surface area contributed by atoms with E-state index in [1.165, 1.54) is 6.07 Å². The molecule has 94 valence electrons. The third-order valence-corrected chi connectivity index (χ3v) is 3.95. The fourth-order valence-electron chi connectivity index (χ4n) is 2.31. The lowest BCUT2D eigenvalue weighted by Crippen LogP contribution is -2.39. The Morgan fingerprint density at radius 1 is 1.29 bits per heavy atom. The Bertz CT molecular complexity index is 412. The molecule has 2 atom stereocenters. The van der Waals surface area contributed by atoms with E-state index in [0.29, 0.717) is 10.0 Å². The number of halogens is 2. The third-order valence-electron chi connectivity index (χ3n) is 3.22. The summed E-state index contributed by atoms with van der Waals surface area (Å²) in [6, 6.07) is 3.29. The van der Waals surface area contributed by atoms with E-state index in [-0.39, 0.29) is 24.3 Å². The molecule has 17 heavy (non-hydrogen) atoms. The lowest BCUT2D eigenvalue weighted by Gasteiger charge is -2.30. The van der Waals surface area contributed by atoms with Crippen molar-refractivity contribution in [2.75, 3.05) is 13.2 Å². The van der Waals surface area contributed by atoms with Crippen LogP contribution < -0.4 is 5.32 Å². The predicted octanol–water partition coefficient (Wildman–Crippen LogP) is 2.53. The van der Waals surface area contributed by atoms with Gasteiger partial charge in [0.05, 0.1) is 16.7 Å². The van der Waals surface area contributed by atoms with E-state index in [9.17, 15) is 5.11 Å². The Balaban J connectivity index is 2.24. The molecule has 5 heteroatoms. The van der Waals surface area contributed by atoms with E-state index in [0.717, 1.165) is 24.9 Å². The van der Waals surface area contributed by atoms with Crippen molar-refractivity contribution in [3.63, 3.8) is 0 Å². The van der Waals surface area contributed by atoms with Crippen LogP contribution in [0.4, 0.5) is 0 Å². The van der Waals surface area contributed by atoms with Gasteiger partial charge in [-0.15, -0.1) is 0 Å². The molecule has 0 saturated carbocycles. The molecule has 1 unspecified atom stereocenters. The predicted molar refractivity (Wildman–Crippen MR) is 69.0 cm³/mol. The average molecular weight is 276 g/mol. The van der Waals surface area contributed by atoms with Gasteiger partial charge in [-0.05, 0) is 36.9 Å². The second-order valence-corrected chi connectivity index (χ2v) is 5.19. The minimum Gasteiger partial charge on any atom is -0.508 e. The van der Waals surface area contributed by atoms with Gasteiger partial charge in [-0.25, -0.2) is 0 Å². The highest BCUT2D eigenvalue weighted by atomic mass is 35.5. The quantitative estimate of drug-likeness (QED) is 0.778. The molecule has 0 aromatic heterocycles. The molecule has 2 rings (SSSR count). The van der Waals surface area contributed by atoms with E-state index in [1.54, 1.807) is 6.07 Å². The Kier molecular flexibility index (Phi) is 4.15. The van der Waals surface area contributed by atoms with Crippen molar-refractivity contribution in [1.82, 2.24) is 5.32 Å². The van der Waals surface area contributed by atoms with Crippen LogP contribution in [0.3, 0.4) is 0 Å². The van der Waals surface area contributed by atoms with Crippen molar-refractivity contribution < 1.29 is 10.2 Å². The van der Waals surface area contributed by atoms with Gasteiger partial charge >= 0.3 is 0 Å². The van der Waals surface area contributed by atoms with Crippen molar-refractivity contribution >= 4 is 23.2 Å². The number of aliphatic hydroxyl groups excluding tert-OH is 1. The second kappa shape index (κ2) is 5.44. The summed E-state index contributed by atoms with van der Waals surface area (Å²) in [6.45, 7) is 0.939. The summed E-state index contributed by atoms with van der Waals surface area (Å²) in [5.74, 6) is 0.395. The minimum atomic E-state index is 0.0857. The first-order chi connectivity index (χ1) is 8.11. The lowest BCUT2D eigenvalue weighted by molar-refractivity contribution is 0.209. The summed E-state index contributed by atoms with van der Waals surface area (Å²) >= 11 is 11.8. The van der Waals surface area contributed by atoms with Gasteiger partial charge in [-0.1, -0.05) is 23.2 Å². The summed E-state index contributed by atoms with van der Waals surface area (Å²) < 4.78 is 0. The Hall–Kier alpha value is -0.480. The largest absolute Gasteiger partial charge is 0.508 e. The summed E-state index contributed by atoms with van der Waals surface area (Å²) in [7, 11) is 0. The maximum atomic E-state index is 9.90. The maximum Gasteiger partial charge on any atom is 0.120 e. The second-order valence-electron chi connectivity index (χ2n) is 4.38. The first-order valence-corrected chi connectivity index (χ1v) is 6.39. The van der Waals surface area contributed by atoms with Gasteiger partial charge in [0.25, 0.3) is 0 Å². The van der Waals surface area contributed by atoms with Crippen molar-refractivity contribution in [2.45, 2.75) is 24.8 Å². The highest BCUT2D eigenvalue weighted by molar-refractivity contribution is 6.42. The first-order valence-electron chi connectivity index (χ1n) is 5.64. The zero-order valence-corrected chi connectivity index (χ0v) is 10.8. The number of aromatic hydroxyl groups is 1. The Labute approximate surface area is 110 Å². The summed E-state index contributed by atoms with van der Waals surface area (Å²) in [6.07, 6.45) is 1.71. The molecule has 0 amide bonds. The van der Waals surface area contributed by atoms with Crippen LogP contribution in [0, 0.1) is 0 Å². The van der Waals surface area contributed by atoms with Gasteiger partial charge < -0.3 is 15.5 Å². The number of hydrogen-bond acceptors (Lipinski definition) is 3. The molecule has 1 fully saturated rings. The van der Waals surface area contributed by atoms with Crippen molar-refractivity contribution in [3.8, 4) is 5.75 Å². The first kappa shape index (κ1) is 13.0. The molecule has 1 aromatic carbocycles. The molecule has 0 spiro atoms. The molecule has 3 nitrogen and oxygen atoms in total. The van der Waals surface area contributed by atoms with Crippen LogP contribution in [0.15, 0.2) is 12.1 Å². The molecule has 1 aromatic rings. The van der Waals surface area contributed by atoms with E-state index < -0.39 is 0 Å². The van der Waals surface area contributed by atoms with Crippen LogP contribution in [-0.4, -0.2) is 29.4 Å². The number of phenolic OH excluding ortho intramolecular Hbond substituents is 1. The van der Waals surface area contributed by atoms with Gasteiger partial charge in [-0.3, -0.25) is 0 Å². The third kappa shape index (κ3) is 2.86. The van der Waals surface area contributed by atoms with Crippen LogP contribution in [0.25, 0.3) is 0 Å². The number of nitrogens with one attached hydrogen (secondary N) is 1. The monoisotopic (exact) mass is 275 g/mol. The van der Waals surface area contributed by atoms with Gasteiger partial charge in [0, 0.05) is 12.1 Å². The van der Waals surface area contributed by atoms with E-state index >= 15 is 0 Å². The number of hydrogen-bond donors (Lipinski definition) is 3. The summed E-state index contributed by atoms with van der Waals surface area (Å²) in [5.41, 5.74) is 0.819. The number of aliphatic hydroxyl groups is 1. The molecular weight excluding hydrogens is 261 g/mol. The maximum absolute atomic E-state index is 9.90. The van der Waals surface area contributed by atoms with Crippen molar-refractivity contribution in [3.05, 3.63) is 27.7 Å². The van der Waals surface area contributed by atoms with Gasteiger partial charge in [0.2, 0.25) is 0 Å². The van der Waals surface area contributed by atoms with Crippen LogP contribution in [-0.2, 0) is 0 Å². The molecule has 1 saturated heterocycles. The summed E-state index contributed by atoms with van der Waals surface area (Å²) in [4.78, 5) is 0. The SMILES string of the molecule is OC[C@H]1CC(c2cc(Cl)c(Cl)cc2O)CCN1. The minimum absolute atomic E-state index is 0.0857. The van der Waals surface area contributed by atoms with Gasteiger partial charge in [0.1, 0.15) is 5.75 Å². The molecule has 0 bridgehead atoms. The molecule has 0 radical (unpaired) electrons. The lowest BCUT2D eigenvalue weighted by atomic mass is 9.86. The Morgan fingerprint density at radius 2 is 2.00 bits per heavy atom. The Morgan fingerprint density at radius 3 is 2.71 bits per heavy atom. The molecule has 1 aliphatic rings. The van der Waals surface area contributed by atoms with E-state index in [2.05, 4.69) is 5.32 Å². The van der Waals surface area contributed by atoms with Crippen LogP contribution in [0.1, 0.15) is 24.3 Å². The zero-order chi connectivity index (χ0) is 12.4.